The van der Waals surface area contributed by atoms with Crippen molar-refractivity contribution in [3.63, 3.8) is 0 Å². The first kappa shape index (κ1) is 11.0. The zero-order valence-electron chi connectivity index (χ0n) is 8.51. The van der Waals surface area contributed by atoms with Crippen LogP contribution in [0.15, 0.2) is 12.1 Å². The molecule has 2 rings (SSSR count). The van der Waals surface area contributed by atoms with Crippen LogP contribution in [-0.2, 0) is 3.42 Å². The van der Waals surface area contributed by atoms with Gasteiger partial charge in [-0.1, -0.05) is 34.2 Å². The van der Waals surface area contributed by atoms with E-state index in [0.717, 1.165) is 12.2 Å². The monoisotopic (exact) mass is 332 g/mol. The Labute approximate surface area is 108 Å². The third kappa shape index (κ3) is 1.70. The fourth-order valence-electron chi connectivity index (χ4n) is 2.00. The molecule has 1 aromatic rings. The molecule has 4 heteroatoms. The van der Waals surface area contributed by atoms with Gasteiger partial charge in [0.05, 0.1) is 14.0 Å². The molecule has 0 amide bonds. The zero-order valence-corrected chi connectivity index (χ0v) is 11.4. The van der Waals surface area contributed by atoms with Gasteiger partial charge in [-0.3, -0.25) is 0 Å². The van der Waals surface area contributed by atoms with Gasteiger partial charge in [-0.25, -0.2) is 0 Å². The van der Waals surface area contributed by atoms with Crippen LogP contribution in [0, 0.1) is 11.3 Å². The van der Waals surface area contributed by atoms with Crippen LogP contribution in [-0.4, -0.2) is 13.6 Å². The number of hydrogen-bond donors (Lipinski definition) is 0. The van der Waals surface area contributed by atoms with Crippen molar-refractivity contribution in [1.29, 1.82) is 5.26 Å². The zero-order chi connectivity index (χ0) is 11.2. The smallest absolute Gasteiger partial charge is 0.101 e. The highest BCUT2D eigenvalue weighted by Crippen LogP contribution is 2.46. The van der Waals surface area contributed by atoms with Gasteiger partial charge in [0.2, 0.25) is 0 Å². The summed E-state index contributed by atoms with van der Waals surface area (Å²) < 4.78 is 0.0675. The van der Waals surface area contributed by atoms with Gasteiger partial charge in [0.1, 0.15) is 6.07 Å². The van der Waals surface area contributed by atoms with Crippen molar-refractivity contribution >= 4 is 39.9 Å². The summed E-state index contributed by atoms with van der Waals surface area (Å²) in [6.07, 6.45) is 0. The maximum atomic E-state index is 8.94. The molecular formula is C11H10ClIN2. The third-order valence-corrected chi connectivity index (χ3v) is 3.95. The van der Waals surface area contributed by atoms with Gasteiger partial charge in [-0.2, -0.15) is 5.26 Å². The van der Waals surface area contributed by atoms with Gasteiger partial charge >= 0.3 is 0 Å². The van der Waals surface area contributed by atoms with Gasteiger partial charge in [-0.05, 0) is 24.6 Å². The summed E-state index contributed by atoms with van der Waals surface area (Å²) in [5, 5.41) is 9.47. The van der Waals surface area contributed by atoms with E-state index in [9.17, 15) is 0 Å². The summed E-state index contributed by atoms with van der Waals surface area (Å²) in [7, 11) is 2.05. The molecule has 15 heavy (non-hydrogen) atoms. The first-order chi connectivity index (χ1) is 6.95. The van der Waals surface area contributed by atoms with Gasteiger partial charge in [0.25, 0.3) is 0 Å². The average molecular weight is 333 g/mol. The van der Waals surface area contributed by atoms with Crippen LogP contribution >= 0.6 is 34.2 Å². The van der Waals surface area contributed by atoms with Crippen molar-refractivity contribution < 1.29 is 0 Å². The Morgan fingerprint density at radius 3 is 2.87 bits per heavy atom. The van der Waals surface area contributed by atoms with E-state index in [-0.39, 0.29) is 3.42 Å². The number of fused-ring (bicyclic) bond motifs is 1. The summed E-state index contributed by atoms with van der Waals surface area (Å²) in [6, 6.07) is 5.92. The number of likely N-dealkylation sites (N-methyl/N-ethyl adjacent to an activating group) is 1. The fourth-order valence-corrected chi connectivity index (χ4v) is 3.14. The second-order valence-electron chi connectivity index (χ2n) is 4.01. The molecule has 0 saturated carbocycles. The minimum Gasteiger partial charge on any atom is -0.373 e. The Hall–Kier alpha value is -0.470. The SMILES string of the molecule is CN1CC(C)(I)c2cc(C#N)c(Cl)cc21. The molecule has 1 aromatic carbocycles. The maximum absolute atomic E-state index is 8.94. The van der Waals surface area contributed by atoms with Crippen molar-refractivity contribution in [1.82, 2.24) is 0 Å². The lowest BCUT2D eigenvalue weighted by atomic mass is 10.0. The highest BCUT2D eigenvalue weighted by Gasteiger charge is 2.35. The number of alkyl halides is 1. The Kier molecular flexibility index (Phi) is 2.60. The minimum atomic E-state index is 0.0675. The average Bonchev–Trinajstić information content (AvgIpc) is 2.36. The number of nitrogens with zero attached hydrogens (tertiary/aromatic N) is 2. The first-order valence-electron chi connectivity index (χ1n) is 4.60. The van der Waals surface area contributed by atoms with E-state index in [1.807, 2.05) is 19.2 Å². The van der Waals surface area contributed by atoms with Crippen LogP contribution < -0.4 is 4.90 Å². The van der Waals surface area contributed by atoms with Crippen molar-refractivity contribution in [2.45, 2.75) is 10.3 Å². The fraction of sp³-hybridized carbons (Fsp3) is 0.364. The lowest BCUT2D eigenvalue weighted by Gasteiger charge is -2.16. The summed E-state index contributed by atoms with van der Waals surface area (Å²) >= 11 is 8.44. The number of hydrogen-bond acceptors (Lipinski definition) is 2. The van der Waals surface area contributed by atoms with Crippen molar-refractivity contribution in [2.24, 2.45) is 0 Å². The summed E-state index contributed by atoms with van der Waals surface area (Å²) in [5.74, 6) is 0. The molecule has 0 bridgehead atoms. The van der Waals surface area contributed by atoms with Crippen LogP contribution in [0.25, 0.3) is 0 Å². The molecule has 1 aliphatic rings. The summed E-state index contributed by atoms with van der Waals surface area (Å²) in [4.78, 5) is 2.18. The molecule has 0 spiro atoms. The summed E-state index contributed by atoms with van der Waals surface area (Å²) in [6.45, 7) is 3.12. The van der Waals surface area contributed by atoms with E-state index in [4.69, 9.17) is 16.9 Å². The predicted octanol–water partition coefficient (Wildman–Crippen LogP) is 3.31. The van der Waals surface area contributed by atoms with Gasteiger partial charge in [0, 0.05) is 19.3 Å². The molecule has 0 aliphatic carbocycles. The molecule has 1 heterocycles. The lowest BCUT2D eigenvalue weighted by Crippen LogP contribution is -2.22. The Balaban J connectivity index is 2.67. The standard InChI is InChI=1S/C11H10ClIN2/c1-11(13)6-15(2)10-4-9(12)7(5-14)3-8(10)11/h3-4H,6H2,1-2H3. The van der Waals surface area contributed by atoms with E-state index in [2.05, 4.69) is 40.5 Å². The highest BCUT2D eigenvalue weighted by molar-refractivity contribution is 14.1. The molecule has 0 N–H and O–H groups in total. The molecule has 2 nitrogen and oxygen atoms in total. The molecular weight excluding hydrogens is 322 g/mol. The Bertz CT molecular complexity index is 462. The Morgan fingerprint density at radius 1 is 1.60 bits per heavy atom. The number of anilines is 1. The van der Waals surface area contributed by atoms with E-state index < -0.39 is 0 Å². The lowest BCUT2D eigenvalue weighted by molar-refractivity contribution is 0.765. The first-order valence-corrected chi connectivity index (χ1v) is 6.05. The second kappa shape index (κ2) is 3.53. The van der Waals surface area contributed by atoms with Crippen molar-refractivity contribution in [3.05, 3.63) is 28.3 Å². The normalized spacial score (nSPS) is 23.8. The number of halogens is 2. The molecule has 1 aliphatic heterocycles. The van der Waals surface area contributed by atoms with Crippen LogP contribution in [0.1, 0.15) is 18.1 Å². The van der Waals surface area contributed by atoms with Crippen LogP contribution in [0.4, 0.5) is 5.69 Å². The Morgan fingerprint density at radius 2 is 2.27 bits per heavy atom. The molecule has 0 fully saturated rings. The third-order valence-electron chi connectivity index (χ3n) is 2.71. The molecule has 78 valence electrons. The summed E-state index contributed by atoms with van der Waals surface area (Å²) in [5.41, 5.74) is 2.90. The quantitative estimate of drug-likeness (QED) is 0.538. The van der Waals surface area contributed by atoms with Crippen LogP contribution in [0.3, 0.4) is 0 Å². The molecule has 1 unspecified atom stereocenters. The molecule has 0 radical (unpaired) electrons. The van der Waals surface area contributed by atoms with Crippen molar-refractivity contribution in [2.75, 3.05) is 18.5 Å². The van der Waals surface area contributed by atoms with E-state index in [1.54, 1.807) is 0 Å². The van der Waals surface area contributed by atoms with Crippen LogP contribution in [0.2, 0.25) is 5.02 Å². The second-order valence-corrected chi connectivity index (χ2v) is 6.80. The van der Waals surface area contributed by atoms with Crippen LogP contribution in [0.5, 0.6) is 0 Å². The van der Waals surface area contributed by atoms with Gasteiger partial charge in [-0.15, -0.1) is 0 Å². The highest BCUT2D eigenvalue weighted by atomic mass is 127. The van der Waals surface area contributed by atoms with Crippen molar-refractivity contribution in [3.8, 4) is 6.07 Å². The minimum absolute atomic E-state index is 0.0675. The van der Waals surface area contributed by atoms with E-state index in [0.29, 0.717) is 10.6 Å². The largest absolute Gasteiger partial charge is 0.373 e. The van der Waals surface area contributed by atoms with E-state index >= 15 is 0 Å². The molecule has 1 atom stereocenters. The topological polar surface area (TPSA) is 27.0 Å². The van der Waals surface area contributed by atoms with Gasteiger partial charge in [0.15, 0.2) is 0 Å². The van der Waals surface area contributed by atoms with E-state index in [1.165, 1.54) is 5.56 Å². The molecule has 0 aromatic heterocycles. The number of nitriles is 1. The maximum Gasteiger partial charge on any atom is 0.101 e. The number of benzene rings is 1. The molecule has 0 saturated heterocycles. The predicted molar refractivity (Wildman–Crippen MR) is 70.8 cm³/mol. The number of rotatable bonds is 0. The van der Waals surface area contributed by atoms with Gasteiger partial charge < -0.3 is 4.90 Å².